The summed E-state index contributed by atoms with van der Waals surface area (Å²) in [4.78, 5) is 17.3. The SMILES string of the molecule is CCN1CCC[C@@H]1CN(CC(=O)N1CCNCC1)S(=O)(=O)c1cc(C)ccc1C. The first-order valence-corrected chi connectivity index (χ1v) is 12.1. The maximum atomic E-state index is 13.6. The van der Waals surface area contributed by atoms with Crippen LogP contribution >= 0.6 is 0 Å². The summed E-state index contributed by atoms with van der Waals surface area (Å²) < 4.78 is 28.7. The molecule has 2 aliphatic heterocycles. The molecule has 1 aromatic rings. The molecule has 8 heteroatoms. The lowest BCUT2D eigenvalue weighted by molar-refractivity contribution is -0.132. The van der Waals surface area contributed by atoms with Crippen LogP contribution in [0.2, 0.25) is 0 Å². The second-order valence-corrected chi connectivity index (χ2v) is 10.0. The van der Waals surface area contributed by atoms with Crippen molar-refractivity contribution in [2.45, 2.75) is 44.6 Å². The van der Waals surface area contributed by atoms with Gasteiger partial charge in [0.25, 0.3) is 0 Å². The number of rotatable bonds is 7. The largest absolute Gasteiger partial charge is 0.339 e. The fourth-order valence-corrected chi connectivity index (χ4v) is 6.03. The number of likely N-dealkylation sites (N-methyl/N-ethyl adjacent to an activating group) is 1. The van der Waals surface area contributed by atoms with E-state index in [-0.39, 0.29) is 18.5 Å². The summed E-state index contributed by atoms with van der Waals surface area (Å²) in [5, 5.41) is 3.23. The summed E-state index contributed by atoms with van der Waals surface area (Å²) in [5.74, 6) is -0.110. The van der Waals surface area contributed by atoms with E-state index in [2.05, 4.69) is 17.1 Å². The van der Waals surface area contributed by atoms with Crippen LogP contribution in [0.3, 0.4) is 0 Å². The quantitative estimate of drug-likeness (QED) is 0.715. The predicted octanol–water partition coefficient (Wildman–Crippen LogP) is 1.21. The molecule has 0 radical (unpaired) electrons. The Balaban J connectivity index is 1.88. The van der Waals surface area contributed by atoms with Gasteiger partial charge in [0.15, 0.2) is 0 Å². The maximum absolute atomic E-state index is 13.6. The van der Waals surface area contributed by atoms with Crippen LogP contribution in [0.1, 0.15) is 30.9 Å². The molecular formula is C21H34N4O3S. The normalized spacial score (nSPS) is 21.1. The number of nitrogens with zero attached hydrogens (tertiary/aromatic N) is 3. The van der Waals surface area contributed by atoms with Gasteiger partial charge in [0.2, 0.25) is 15.9 Å². The fraction of sp³-hybridized carbons (Fsp3) is 0.667. The van der Waals surface area contributed by atoms with Crippen LogP contribution in [0, 0.1) is 13.8 Å². The van der Waals surface area contributed by atoms with Crippen molar-refractivity contribution in [1.82, 2.24) is 19.4 Å². The lowest BCUT2D eigenvalue weighted by Gasteiger charge is -2.33. The number of hydrogen-bond acceptors (Lipinski definition) is 5. The third-order valence-corrected chi connectivity index (χ3v) is 8.02. The van der Waals surface area contributed by atoms with Crippen LogP contribution in [0.5, 0.6) is 0 Å². The van der Waals surface area contributed by atoms with Gasteiger partial charge >= 0.3 is 0 Å². The highest BCUT2D eigenvalue weighted by molar-refractivity contribution is 7.89. The average molecular weight is 423 g/mol. The molecule has 2 saturated heterocycles. The minimum atomic E-state index is -3.76. The summed E-state index contributed by atoms with van der Waals surface area (Å²) in [6.45, 7) is 10.7. The lowest BCUT2D eigenvalue weighted by Crippen LogP contribution is -2.52. The maximum Gasteiger partial charge on any atom is 0.243 e. The summed E-state index contributed by atoms with van der Waals surface area (Å²) in [7, 11) is -3.76. The fourth-order valence-electron chi connectivity index (χ4n) is 4.29. The molecule has 2 heterocycles. The van der Waals surface area contributed by atoms with Crippen molar-refractivity contribution in [3.05, 3.63) is 29.3 Å². The van der Waals surface area contributed by atoms with E-state index in [0.29, 0.717) is 30.1 Å². The molecule has 0 bridgehead atoms. The summed E-state index contributed by atoms with van der Waals surface area (Å²) in [6, 6.07) is 5.64. The van der Waals surface area contributed by atoms with E-state index in [1.54, 1.807) is 11.0 Å². The van der Waals surface area contributed by atoms with Crippen molar-refractivity contribution in [3.8, 4) is 0 Å². The third kappa shape index (κ3) is 5.17. The highest BCUT2D eigenvalue weighted by Gasteiger charge is 2.34. The molecule has 2 fully saturated rings. The van der Waals surface area contributed by atoms with E-state index in [1.807, 2.05) is 26.0 Å². The van der Waals surface area contributed by atoms with E-state index in [4.69, 9.17) is 0 Å². The van der Waals surface area contributed by atoms with E-state index in [9.17, 15) is 13.2 Å². The van der Waals surface area contributed by atoms with E-state index in [0.717, 1.165) is 44.6 Å². The molecule has 1 N–H and O–H groups in total. The van der Waals surface area contributed by atoms with E-state index < -0.39 is 10.0 Å². The number of aryl methyl sites for hydroxylation is 2. The molecule has 3 rings (SSSR count). The van der Waals surface area contributed by atoms with Crippen LogP contribution in [-0.4, -0.2) is 86.8 Å². The highest BCUT2D eigenvalue weighted by atomic mass is 32.2. The molecule has 7 nitrogen and oxygen atoms in total. The number of nitrogens with one attached hydrogen (secondary N) is 1. The minimum absolute atomic E-state index is 0.0935. The van der Waals surface area contributed by atoms with Gasteiger partial charge in [-0.15, -0.1) is 0 Å². The van der Waals surface area contributed by atoms with Crippen LogP contribution in [0.4, 0.5) is 0 Å². The lowest BCUT2D eigenvalue weighted by atomic mass is 10.2. The molecule has 29 heavy (non-hydrogen) atoms. The molecule has 0 aliphatic carbocycles. The summed E-state index contributed by atoms with van der Waals surface area (Å²) in [5.41, 5.74) is 1.62. The van der Waals surface area contributed by atoms with Crippen LogP contribution in [-0.2, 0) is 14.8 Å². The Morgan fingerprint density at radius 3 is 2.62 bits per heavy atom. The van der Waals surface area contributed by atoms with Crippen molar-refractivity contribution in [1.29, 1.82) is 0 Å². The number of carbonyl (C=O) groups excluding carboxylic acids is 1. The average Bonchev–Trinajstić information content (AvgIpc) is 3.17. The molecule has 0 unspecified atom stereocenters. The Bertz CT molecular complexity index is 821. The Morgan fingerprint density at radius 2 is 1.93 bits per heavy atom. The van der Waals surface area contributed by atoms with Crippen LogP contribution in [0.15, 0.2) is 23.1 Å². The van der Waals surface area contributed by atoms with Gasteiger partial charge in [-0.2, -0.15) is 4.31 Å². The van der Waals surface area contributed by atoms with Crippen molar-refractivity contribution in [2.75, 3.05) is 52.4 Å². The van der Waals surface area contributed by atoms with Crippen LogP contribution in [0.25, 0.3) is 0 Å². The number of amides is 1. The molecular weight excluding hydrogens is 388 g/mol. The smallest absolute Gasteiger partial charge is 0.243 e. The Kier molecular flexibility index (Phi) is 7.32. The monoisotopic (exact) mass is 422 g/mol. The number of benzene rings is 1. The zero-order chi connectivity index (χ0) is 21.0. The minimum Gasteiger partial charge on any atom is -0.339 e. The zero-order valence-electron chi connectivity index (χ0n) is 17.9. The Morgan fingerprint density at radius 1 is 1.21 bits per heavy atom. The first-order chi connectivity index (χ1) is 13.8. The standard InChI is InChI=1S/C21H34N4O3S/c1-4-23-11-5-6-19(23)15-25(16-21(26)24-12-9-22-10-13-24)29(27,28)20-14-17(2)7-8-18(20)3/h7-8,14,19,22H,4-6,9-13,15-16H2,1-3H3/t19-/m1/s1. The van der Waals surface area contributed by atoms with Crippen molar-refractivity contribution >= 4 is 15.9 Å². The van der Waals surface area contributed by atoms with Gasteiger partial charge in [0.05, 0.1) is 11.4 Å². The zero-order valence-corrected chi connectivity index (χ0v) is 18.7. The predicted molar refractivity (Wildman–Crippen MR) is 114 cm³/mol. The Labute approximate surface area is 175 Å². The van der Waals surface area contributed by atoms with Crippen molar-refractivity contribution < 1.29 is 13.2 Å². The number of piperazine rings is 1. The summed E-state index contributed by atoms with van der Waals surface area (Å²) in [6.07, 6.45) is 2.04. The topological polar surface area (TPSA) is 73.0 Å². The molecule has 0 aromatic heterocycles. The molecule has 162 valence electrons. The van der Waals surface area contributed by atoms with Gasteiger partial charge in [-0.05, 0) is 57.0 Å². The number of carbonyl (C=O) groups is 1. The molecule has 0 saturated carbocycles. The number of sulfonamides is 1. The highest BCUT2D eigenvalue weighted by Crippen LogP contribution is 2.25. The molecule has 1 atom stereocenters. The van der Waals surface area contributed by atoms with Crippen LogP contribution < -0.4 is 5.32 Å². The van der Waals surface area contributed by atoms with Crippen molar-refractivity contribution in [2.24, 2.45) is 0 Å². The van der Waals surface area contributed by atoms with Gasteiger partial charge in [-0.3, -0.25) is 9.69 Å². The first-order valence-electron chi connectivity index (χ1n) is 10.6. The third-order valence-electron chi connectivity index (χ3n) is 6.06. The Hall–Kier alpha value is -1.48. The number of hydrogen-bond donors (Lipinski definition) is 1. The van der Waals surface area contributed by atoms with Gasteiger partial charge < -0.3 is 10.2 Å². The van der Waals surface area contributed by atoms with Gasteiger partial charge in [-0.1, -0.05) is 19.1 Å². The van der Waals surface area contributed by atoms with E-state index >= 15 is 0 Å². The molecule has 1 amide bonds. The van der Waals surface area contributed by atoms with Gasteiger partial charge in [-0.25, -0.2) is 8.42 Å². The molecule has 2 aliphatic rings. The number of likely N-dealkylation sites (tertiary alicyclic amines) is 1. The molecule has 0 spiro atoms. The second-order valence-electron chi connectivity index (χ2n) is 8.12. The first kappa shape index (κ1) is 22.2. The summed E-state index contributed by atoms with van der Waals surface area (Å²) >= 11 is 0. The molecule has 1 aromatic carbocycles. The second kappa shape index (κ2) is 9.55. The van der Waals surface area contributed by atoms with Crippen molar-refractivity contribution in [3.63, 3.8) is 0 Å². The van der Waals surface area contributed by atoms with E-state index in [1.165, 1.54) is 4.31 Å². The van der Waals surface area contributed by atoms with Gasteiger partial charge in [0, 0.05) is 38.8 Å². The van der Waals surface area contributed by atoms with Gasteiger partial charge in [0.1, 0.15) is 0 Å².